The van der Waals surface area contributed by atoms with E-state index < -0.39 is 5.25 Å². The fourth-order valence-corrected chi connectivity index (χ4v) is 4.84. The van der Waals surface area contributed by atoms with Crippen molar-refractivity contribution in [3.05, 3.63) is 40.3 Å². The average molecular weight is 407 g/mol. The fourth-order valence-electron chi connectivity index (χ4n) is 2.80. The first-order valence-corrected chi connectivity index (χ1v) is 10.5. The summed E-state index contributed by atoms with van der Waals surface area (Å²) >= 11 is 2.80. The van der Waals surface area contributed by atoms with Crippen molar-refractivity contribution in [3.8, 4) is 11.4 Å². The van der Waals surface area contributed by atoms with Gasteiger partial charge in [-0.05, 0) is 38.1 Å². The molecule has 0 amide bonds. The molecule has 2 aromatic rings. The number of ether oxygens (including phenoxy) is 2. The quantitative estimate of drug-likeness (QED) is 0.414. The lowest BCUT2D eigenvalue weighted by Gasteiger charge is -2.16. The third-order valence-electron chi connectivity index (χ3n) is 4.11. The summed E-state index contributed by atoms with van der Waals surface area (Å²) in [5.74, 6) is 0.388. The molecule has 144 valence electrons. The molecule has 0 saturated carbocycles. The van der Waals surface area contributed by atoms with Crippen LogP contribution in [0.25, 0.3) is 5.69 Å². The summed E-state index contributed by atoms with van der Waals surface area (Å²) in [5, 5.41) is 0.345. The minimum Gasteiger partial charge on any atom is -0.497 e. The topological polar surface area (TPSA) is 70.4 Å². The molecule has 0 unspecified atom stereocenters. The molecule has 0 radical (unpaired) electrons. The molecule has 2 heterocycles. The minimum atomic E-state index is -0.467. The predicted octanol–water partition coefficient (Wildman–Crippen LogP) is 3.32. The van der Waals surface area contributed by atoms with E-state index in [-0.39, 0.29) is 11.5 Å². The van der Waals surface area contributed by atoms with Crippen LogP contribution in [0.15, 0.2) is 39.1 Å². The molecule has 0 aliphatic carbocycles. The molecule has 8 heteroatoms. The zero-order chi connectivity index (χ0) is 19.6. The number of fused-ring (bicyclic) bond motifs is 1. The smallest absolute Gasteiger partial charge is 0.319 e. The number of rotatable bonds is 6. The number of nitrogens with zero attached hydrogens (tertiary/aromatic N) is 2. The van der Waals surface area contributed by atoms with Gasteiger partial charge < -0.3 is 9.47 Å². The van der Waals surface area contributed by atoms with Crippen molar-refractivity contribution in [3.63, 3.8) is 0 Å². The molecule has 0 saturated heterocycles. The second-order valence-electron chi connectivity index (χ2n) is 6.15. The molecular formula is C19H22N2O4S2. The molecule has 3 rings (SSSR count). The molecular weight excluding hydrogens is 384 g/mol. The largest absolute Gasteiger partial charge is 0.497 e. The van der Waals surface area contributed by atoms with Crippen molar-refractivity contribution in [2.24, 2.45) is 0 Å². The Kier molecular flexibility index (Phi) is 6.16. The van der Waals surface area contributed by atoms with Crippen LogP contribution in [0.4, 0.5) is 0 Å². The van der Waals surface area contributed by atoms with Crippen LogP contribution in [0.2, 0.25) is 0 Å². The molecule has 1 aliphatic heterocycles. The molecule has 1 aliphatic rings. The number of methoxy groups -OCH3 is 1. The monoisotopic (exact) mass is 406 g/mol. The van der Waals surface area contributed by atoms with Crippen molar-refractivity contribution < 1.29 is 14.3 Å². The van der Waals surface area contributed by atoms with E-state index in [1.54, 1.807) is 49.4 Å². The van der Waals surface area contributed by atoms with Crippen LogP contribution in [-0.4, -0.2) is 39.7 Å². The molecule has 0 fully saturated rings. The van der Waals surface area contributed by atoms with Crippen LogP contribution in [0, 0.1) is 0 Å². The van der Waals surface area contributed by atoms with Crippen LogP contribution in [-0.2, 0) is 16.0 Å². The third kappa shape index (κ3) is 4.16. The van der Waals surface area contributed by atoms with Gasteiger partial charge >= 0.3 is 5.97 Å². The minimum absolute atomic E-state index is 0.0990. The van der Waals surface area contributed by atoms with Gasteiger partial charge in [0.1, 0.15) is 11.0 Å². The molecule has 6 nitrogen and oxygen atoms in total. The zero-order valence-corrected chi connectivity index (χ0v) is 17.4. The number of benzene rings is 1. The highest BCUT2D eigenvalue weighted by molar-refractivity contribution is 8.00. The maximum atomic E-state index is 13.2. The zero-order valence-electron chi connectivity index (χ0n) is 15.7. The Morgan fingerprint density at radius 2 is 2.11 bits per heavy atom. The maximum absolute atomic E-state index is 13.2. The Balaban J connectivity index is 2.07. The van der Waals surface area contributed by atoms with Crippen molar-refractivity contribution in [2.75, 3.05) is 13.7 Å². The van der Waals surface area contributed by atoms with Gasteiger partial charge in [0.15, 0.2) is 5.16 Å². The van der Waals surface area contributed by atoms with E-state index in [9.17, 15) is 9.59 Å². The van der Waals surface area contributed by atoms with Gasteiger partial charge in [-0.2, -0.15) is 0 Å². The Morgan fingerprint density at radius 3 is 2.74 bits per heavy atom. The van der Waals surface area contributed by atoms with Gasteiger partial charge in [0.2, 0.25) is 0 Å². The van der Waals surface area contributed by atoms with Gasteiger partial charge in [0.25, 0.3) is 5.56 Å². The lowest BCUT2D eigenvalue weighted by atomic mass is 10.2. The van der Waals surface area contributed by atoms with Gasteiger partial charge in [0.05, 0.1) is 30.0 Å². The normalized spacial score (nSPS) is 16.7. The van der Waals surface area contributed by atoms with Crippen LogP contribution in [0.5, 0.6) is 5.75 Å². The highest BCUT2D eigenvalue weighted by Gasteiger charge is 2.28. The first kappa shape index (κ1) is 19.8. The van der Waals surface area contributed by atoms with Crippen molar-refractivity contribution in [1.29, 1.82) is 0 Å². The average Bonchev–Trinajstić information content (AvgIpc) is 3.03. The highest BCUT2D eigenvalue weighted by atomic mass is 32.2. The van der Waals surface area contributed by atoms with Gasteiger partial charge in [-0.25, -0.2) is 4.98 Å². The van der Waals surface area contributed by atoms with E-state index in [0.717, 1.165) is 12.1 Å². The van der Waals surface area contributed by atoms with Crippen LogP contribution in [0.1, 0.15) is 26.5 Å². The van der Waals surface area contributed by atoms with E-state index >= 15 is 0 Å². The third-order valence-corrected chi connectivity index (χ3v) is 6.36. The molecule has 1 aromatic heterocycles. The van der Waals surface area contributed by atoms with Crippen LogP contribution < -0.4 is 10.3 Å². The van der Waals surface area contributed by atoms with Crippen molar-refractivity contribution >= 4 is 29.5 Å². The second-order valence-corrected chi connectivity index (χ2v) is 8.91. The van der Waals surface area contributed by atoms with Crippen LogP contribution in [0.3, 0.4) is 0 Å². The summed E-state index contributed by atoms with van der Waals surface area (Å²) in [6.45, 7) is 5.94. The predicted molar refractivity (Wildman–Crippen MR) is 107 cm³/mol. The Bertz CT molecular complexity index is 896. The van der Waals surface area contributed by atoms with Crippen LogP contribution >= 0.6 is 23.5 Å². The molecule has 0 spiro atoms. The molecule has 0 N–H and O–H groups in total. The lowest BCUT2D eigenvalue weighted by Crippen LogP contribution is -2.25. The van der Waals surface area contributed by atoms with Gasteiger partial charge in [-0.1, -0.05) is 18.7 Å². The lowest BCUT2D eigenvalue weighted by molar-refractivity contribution is -0.142. The van der Waals surface area contributed by atoms with E-state index in [4.69, 9.17) is 14.5 Å². The standard InChI is InChI=1S/C19H22N2O4S2/c1-5-25-18(23)12(3)27-19-20-15-10-11(2)26-16(15)17(22)21(19)13-6-8-14(24-4)9-7-13/h6-9,11-12H,5,10H2,1-4H3/t11-,12+/m0/s1. The Hall–Kier alpha value is -1.93. The second kappa shape index (κ2) is 8.39. The number of carbonyl (C=O) groups excluding carboxylic acids is 1. The van der Waals surface area contributed by atoms with E-state index in [2.05, 4.69) is 6.92 Å². The van der Waals surface area contributed by atoms with Crippen molar-refractivity contribution in [1.82, 2.24) is 9.55 Å². The summed E-state index contributed by atoms with van der Waals surface area (Å²) in [6.07, 6.45) is 0.750. The number of aromatic nitrogens is 2. The number of carbonyl (C=O) groups is 1. The highest BCUT2D eigenvalue weighted by Crippen LogP contribution is 2.35. The molecule has 2 atom stereocenters. The fraction of sp³-hybridized carbons (Fsp3) is 0.421. The maximum Gasteiger partial charge on any atom is 0.319 e. The SMILES string of the molecule is CCOC(=O)[C@@H](C)Sc1nc2c(c(=O)n1-c1ccc(OC)cc1)S[C@@H](C)C2. The van der Waals surface area contributed by atoms with Gasteiger partial charge in [-0.3, -0.25) is 14.2 Å². The van der Waals surface area contributed by atoms with E-state index in [1.165, 1.54) is 11.8 Å². The first-order valence-electron chi connectivity index (χ1n) is 8.74. The first-order chi connectivity index (χ1) is 12.9. The summed E-state index contributed by atoms with van der Waals surface area (Å²) < 4.78 is 11.9. The number of hydrogen-bond donors (Lipinski definition) is 0. The van der Waals surface area contributed by atoms with Gasteiger partial charge in [0, 0.05) is 11.7 Å². The summed E-state index contributed by atoms with van der Waals surface area (Å²) in [4.78, 5) is 30.7. The molecule has 27 heavy (non-hydrogen) atoms. The van der Waals surface area contributed by atoms with E-state index in [0.29, 0.717) is 33.3 Å². The number of esters is 1. The summed E-state index contributed by atoms with van der Waals surface area (Å²) in [6, 6.07) is 7.23. The van der Waals surface area contributed by atoms with E-state index in [1.807, 2.05) is 12.1 Å². The summed E-state index contributed by atoms with van der Waals surface area (Å²) in [7, 11) is 1.60. The van der Waals surface area contributed by atoms with Crippen molar-refractivity contribution in [2.45, 2.75) is 47.7 Å². The summed E-state index contributed by atoms with van der Waals surface area (Å²) in [5.41, 5.74) is 1.40. The Morgan fingerprint density at radius 1 is 1.41 bits per heavy atom. The number of hydrogen-bond acceptors (Lipinski definition) is 7. The van der Waals surface area contributed by atoms with Gasteiger partial charge in [-0.15, -0.1) is 11.8 Å². The molecule has 0 bridgehead atoms. The Labute approximate surface area is 166 Å². The molecule has 1 aromatic carbocycles. The number of thioether (sulfide) groups is 2.